The Morgan fingerprint density at radius 2 is 2.08 bits per heavy atom. The second-order valence-electron chi connectivity index (χ2n) is 6.90. The standard InChI is InChI=1S/C17H21FIN3O3S/c1-16(12-9-11(19)5-6-13(12)18)10-26(24,21-2)17(7-3-4-8-17)14(22-16)25-15(20)23/h5-6,9H,3-4,7-8,10H2,1-2H3,(H2,20,23)/t16-,26-/m0/s1. The second-order valence-corrected chi connectivity index (χ2v) is 10.9. The van der Waals surface area contributed by atoms with Crippen molar-refractivity contribution < 1.29 is 18.1 Å². The lowest BCUT2D eigenvalue weighted by molar-refractivity contribution is 0.203. The molecule has 1 amide bonds. The molecule has 1 fully saturated rings. The number of hydrogen-bond acceptors (Lipinski definition) is 5. The van der Waals surface area contributed by atoms with Crippen LogP contribution >= 0.6 is 22.6 Å². The summed E-state index contributed by atoms with van der Waals surface area (Å²) in [6.45, 7) is 1.69. The number of halogens is 2. The van der Waals surface area contributed by atoms with Gasteiger partial charge in [-0.05, 0) is 60.6 Å². The van der Waals surface area contributed by atoms with Crippen LogP contribution in [-0.4, -0.2) is 33.7 Å². The number of benzene rings is 1. The van der Waals surface area contributed by atoms with Gasteiger partial charge in [0.05, 0.1) is 15.5 Å². The van der Waals surface area contributed by atoms with Crippen molar-refractivity contribution in [2.45, 2.75) is 42.9 Å². The highest BCUT2D eigenvalue weighted by Gasteiger charge is 2.56. The number of aliphatic imine (C=N–C) groups is 1. The molecule has 9 heteroatoms. The van der Waals surface area contributed by atoms with Crippen LogP contribution in [0.3, 0.4) is 0 Å². The van der Waals surface area contributed by atoms with Crippen molar-refractivity contribution in [2.24, 2.45) is 15.1 Å². The molecule has 26 heavy (non-hydrogen) atoms. The van der Waals surface area contributed by atoms with E-state index in [0.717, 1.165) is 16.4 Å². The van der Waals surface area contributed by atoms with Gasteiger partial charge in [-0.25, -0.2) is 22.7 Å². The normalized spacial score (nSPS) is 30.1. The molecule has 1 spiro atoms. The summed E-state index contributed by atoms with van der Waals surface area (Å²) in [6.07, 6.45) is 1.77. The third-order valence-electron chi connectivity index (χ3n) is 5.24. The van der Waals surface area contributed by atoms with Crippen molar-refractivity contribution >= 4 is 44.3 Å². The number of carbonyl (C=O) groups is 1. The highest BCUT2D eigenvalue weighted by atomic mass is 127. The molecular formula is C17H21FIN3O3S. The molecule has 1 aliphatic heterocycles. The minimum absolute atomic E-state index is 0.0325. The van der Waals surface area contributed by atoms with Gasteiger partial charge < -0.3 is 10.5 Å². The van der Waals surface area contributed by atoms with Crippen molar-refractivity contribution in [3.8, 4) is 0 Å². The largest absolute Gasteiger partial charge is 0.411 e. The van der Waals surface area contributed by atoms with Crippen LogP contribution in [0.25, 0.3) is 0 Å². The SMILES string of the molecule is CN=[S@]1(=O)C[C@@](C)(c2cc(I)ccc2F)N=C(OC(N)=O)C12CCCC2. The van der Waals surface area contributed by atoms with Crippen LogP contribution in [0, 0.1) is 9.39 Å². The number of nitrogens with two attached hydrogens (primary N) is 1. The van der Waals surface area contributed by atoms with E-state index in [0.29, 0.717) is 18.4 Å². The molecule has 1 heterocycles. The lowest BCUT2D eigenvalue weighted by Crippen LogP contribution is -2.55. The van der Waals surface area contributed by atoms with Crippen molar-refractivity contribution in [2.75, 3.05) is 12.8 Å². The quantitative estimate of drug-likeness (QED) is 0.607. The molecule has 6 nitrogen and oxygen atoms in total. The highest BCUT2D eigenvalue weighted by molar-refractivity contribution is 14.1. The first kappa shape index (κ1) is 19.5. The van der Waals surface area contributed by atoms with E-state index in [-0.39, 0.29) is 11.7 Å². The van der Waals surface area contributed by atoms with Crippen molar-refractivity contribution in [3.05, 3.63) is 33.1 Å². The molecule has 1 saturated carbocycles. The lowest BCUT2D eigenvalue weighted by atomic mass is 9.93. The monoisotopic (exact) mass is 493 g/mol. The number of primary amides is 1. The first-order valence-electron chi connectivity index (χ1n) is 8.31. The van der Waals surface area contributed by atoms with Crippen LogP contribution in [-0.2, 0) is 20.0 Å². The van der Waals surface area contributed by atoms with E-state index in [1.165, 1.54) is 13.1 Å². The molecule has 0 unspecified atom stereocenters. The number of amides is 1. The Hall–Kier alpha value is -1.23. The second kappa shape index (κ2) is 6.74. The summed E-state index contributed by atoms with van der Waals surface area (Å²) in [5.74, 6) is -0.348. The Balaban J connectivity index is 2.27. The van der Waals surface area contributed by atoms with Gasteiger partial charge in [-0.2, -0.15) is 0 Å². The topological polar surface area (TPSA) is 94.1 Å². The fourth-order valence-corrected chi connectivity index (χ4v) is 7.51. The molecule has 1 aliphatic carbocycles. The van der Waals surface area contributed by atoms with Crippen LogP contribution in [0.2, 0.25) is 0 Å². The van der Waals surface area contributed by atoms with Gasteiger partial charge in [-0.1, -0.05) is 12.8 Å². The van der Waals surface area contributed by atoms with E-state index in [4.69, 9.17) is 10.5 Å². The highest BCUT2D eigenvalue weighted by Crippen LogP contribution is 2.47. The number of nitrogens with zero attached hydrogens (tertiary/aromatic N) is 2. The number of rotatable bonds is 1. The molecule has 0 radical (unpaired) electrons. The number of hydrogen-bond donors (Lipinski definition) is 1. The fraction of sp³-hybridized carbons (Fsp3) is 0.529. The van der Waals surface area contributed by atoms with E-state index < -0.39 is 31.9 Å². The third kappa shape index (κ3) is 3.02. The maximum absolute atomic E-state index is 14.6. The van der Waals surface area contributed by atoms with Crippen molar-refractivity contribution in [1.82, 2.24) is 0 Å². The summed E-state index contributed by atoms with van der Waals surface area (Å²) in [6, 6.07) is 4.68. The maximum atomic E-state index is 14.6. The molecule has 1 aromatic rings. The van der Waals surface area contributed by atoms with E-state index in [1.807, 2.05) is 0 Å². The fourth-order valence-electron chi connectivity index (χ4n) is 3.99. The van der Waals surface area contributed by atoms with Gasteiger partial charge >= 0.3 is 6.09 Å². The molecule has 0 bridgehead atoms. The zero-order valence-electron chi connectivity index (χ0n) is 14.6. The molecule has 1 aromatic carbocycles. The van der Waals surface area contributed by atoms with Crippen LogP contribution < -0.4 is 5.73 Å². The zero-order valence-corrected chi connectivity index (χ0v) is 17.6. The van der Waals surface area contributed by atoms with Gasteiger partial charge in [-0.3, -0.25) is 0 Å². The van der Waals surface area contributed by atoms with Gasteiger partial charge in [0, 0.05) is 16.2 Å². The molecule has 0 saturated heterocycles. The summed E-state index contributed by atoms with van der Waals surface area (Å²) in [5, 5.41) is 0. The van der Waals surface area contributed by atoms with Crippen LogP contribution in [0.1, 0.15) is 38.2 Å². The Morgan fingerprint density at radius 3 is 2.65 bits per heavy atom. The van der Waals surface area contributed by atoms with Crippen LogP contribution in [0.5, 0.6) is 0 Å². The Bertz CT molecular complexity index is 905. The van der Waals surface area contributed by atoms with E-state index in [1.54, 1.807) is 19.1 Å². The van der Waals surface area contributed by atoms with E-state index >= 15 is 0 Å². The summed E-state index contributed by atoms with van der Waals surface area (Å²) in [5.41, 5.74) is 4.38. The van der Waals surface area contributed by atoms with Gasteiger partial charge in [0.25, 0.3) is 0 Å². The van der Waals surface area contributed by atoms with Gasteiger partial charge in [0.1, 0.15) is 16.1 Å². The predicted octanol–water partition coefficient (Wildman–Crippen LogP) is 3.56. The summed E-state index contributed by atoms with van der Waals surface area (Å²) in [7, 11) is -1.35. The summed E-state index contributed by atoms with van der Waals surface area (Å²) in [4.78, 5) is 16.1. The molecular weight excluding hydrogens is 472 g/mol. The van der Waals surface area contributed by atoms with Gasteiger partial charge in [-0.15, -0.1) is 0 Å². The molecule has 2 aliphatic rings. The average Bonchev–Trinajstić information content (AvgIpc) is 3.06. The summed E-state index contributed by atoms with van der Waals surface area (Å²) < 4.78 is 37.9. The number of carbonyl (C=O) groups excluding carboxylic acids is 1. The smallest absolute Gasteiger partial charge is 0.394 e. The third-order valence-corrected chi connectivity index (χ3v) is 9.26. The zero-order chi connectivity index (χ0) is 19.2. The van der Waals surface area contributed by atoms with Gasteiger partial charge in [0.15, 0.2) is 0 Å². The maximum Gasteiger partial charge on any atom is 0.411 e. The Labute approximate surface area is 166 Å². The first-order chi connectivity index (χ1) is 12.2. The first-order valence-corrected chi connectivity index (χ1v) is 11.1. The molecule has 3 rings (SSSR count). The minimum Gasteiger partial charge on any atom is -0.394 e. The number of ether oxygens (including phenoxy) is 1. The molecule has 2 atom stereocenters. The lowest BCUT2D eigenvalue weighted by Gasteiger charge is -2.42. The Kier molecular flexibility index (Phi) is 5.06. The molecule has 2 N–H and O–H groups in total. The summed E-state index contributed by atoms with van der Waals surface area (Å²) >= 11 is 2.08. The molecule has 0 aromatic heterocycles. The van der Waals surface area contributed by atoms with Crippen molar-refractivity contribution in [1.29, 1.82) is 0 Å². The van der Waals surface area contributed by atoms with E-state index in [9.17, 15) is 13.4 Å². The predicted molar refractivity (Wildman–Crippen MR) is 107 cm³/mol. The van der Waals surface area contributed by atoms with E-state index in [2.05, 4.69) is 31.9 Å². The van der Waals surface area contributed by atoms with Crippen LogP contribution in [0.4, 0.5) is 9.18 Å². The van der Waals surface area contributed by atoms with Gasteiger partial charge in [0.2, 0.25) is 5.90 Å². The van der Waals surface area contributed by atoms with Crippen molar-refractivity contribution in [3.63, 3.8) is 0 Å². The molecule has 142 valence electrons. The Morgan fingerprint density at radius 1 is 1.42 bits per heavy atom. The van der Waals surface area contributed by atoms with Crippen LogP contribution in [0.15, 0.2) is 27.6 Å². The average molecular weight is 493 g/mol. The minimum atomic E-state index is -2.86.